The summed E-state index contributed by atoms with van der Waals surface area (Å²) in [5, 5.41) is 9.49. The van der Waals surface area contributed by atoms with Crippen molar-refractivity contribution in [3.63, 3.8) is 0 Å². The van der Waals surface area contributed by atoms with Gasteiger partial charge in [0.05, 0.1) is 19.3 Å². The van der Waals surface area contributed by atoms with Crippen LogP contribution in [-0.4, -0.2) is 37.1 Å². The van der Waals surface area contributed by atoms with E-state index in [1.165, 1.54) is 25.7 Å². The molecule has 0 saturated heterocycles. The van der Waals surface area contributed by atoms with Crippen LogP contribution in [0.15, 0.2) is 0 Å². The van der Waals surface area contributed by atoms with Crippen molar-refractivity contribution in [3.05, 3.63) is 0 Å². The van der Waals surface area contributed by atoms with Crippen LogP contribution in [0.25, 0.3) is 0 Å². The van der Waals surface area contributed by atoms with E-state index in [2.05, 4.69) is 13.8 Å². The monoisotopic (exact) mass is 232 g/mol. The summed E-state index contributed by atoms with van der Waals surface area (Å²) >= 11 is 0. The van der Waals surface area contributed by atoms with Crippen molar-refractivity contribution in [2.45, 2.75) is 65.1 Å². The molecule has 0 fully saturated rings. The van der Waals surface area contributed by atoms with Gasteiger partial charge >= 0.3 is 0 Å². The minimum atomic E-state index is -0.488. The molecular weight excluding hydrogens is 204 g/mol. The maximum Gasteiger partial charge on any atom is 0.101 e. The van der Waals surface area contributed by atoms with Gasteiger partial charge in [0.25, 0.3) is 0 Å². The fraction of sp³-hybridized carbons (Fsp3) is 1.00. The van der Waals surface area contributed by atoms with Crippen LogP contribution < -0.4 is 0 Å². The number of hydrogen-bond donors (Lipinski definition) is 1. The average Bonchev–Trinajstić information content (AvgIpc) is 2.29. The molecule has 16 heavy (non-hydrogen) atoms. The van der Waals surface area contributed by atoms with Crippen LogP contribution in [0.3, 0.4) is 0 Å². The third kappa shape index (κ3) is 10.4. The Morgan fingerprint density at radius 1 is 1.06 bits per heavy atom. The first-order chi connectivity index (χ1) is 7.70. The van der Waals surface area contributed by atoms with E-state index in [9.17, 15) is 5.11 Å². The number of aliphatic hydroxyl groups excluding tert-OH is 1. The Labute approximate surface area is 100 Å². The van der Waals surface area contributed by atoms with Gasteiger partial charge in [-0.05, 0) is 20.3 Å². The second kappa shape index (κ2) is 11.4. The van der Waals surface area contributed by atoms with E-state index >= 15 is 0 Å². The number of rotatable bonds is 11. The first-order valence-electron chi connectivity index (χ1n) is 6.58. The van der Waals surface area contributed by atoms with Gasteiger partial charge in [0.15, 0.2) is 0 Å². The summed E-state index contributed by atoms with van der Waals surface area (Å²) in [4.78, 5) is 0. The second-order valence-electron chi connectivity index (χ2n) is 4.31. The Bertz CT molecular complexity index is 139. The molecule has 1 N–H and O–H groups in total. The quantitative estimate of drug-likeness (QED) is 0.557. The highest BCUT2D eigenvalue weighted by atomic mass is 16.5. The summed E-state index contributed by atoms with van der Waals surface area (Å²) in [6.07, 6.45) is 5.91. The van der Waals surface area contributed by atoms with E-state index < -0.39 is 6.10 Å². The summed E-state index contributed by atoms with van der Waals surface area (Å²) in [6.45, 7) is 7.60. The Kier molecular flexibility index (Phi) is 11.3. The molecule has 2 unspecified atom stereocenters. The zero-order chi connectivity index (χ0) is 12.2. The number of aliphatic hydroxyl groups is 1. The molecule has 0 spiro atoms. The molecule has 0 aromatic carbocycles. The van der Waals surface area contributed by atoms with Crippen LogP contribution >= 0.6 is 0 Å². The molecule has 0 aliphatic rings. The molecule has 0 radical (unpaired) electrons. The van der Waals surface area contributed by atoms with Gasteiger partial charge in [-0.3, -0.25) is 0 Å². The van der Waals surface area contributed by atoms with Crippen LogP contribution in [0.1, 0.15) is 52.9 Å². The van der Waals surface area contributed by atoms with Crippen LogP contribution in [0.5, 0.6) is 0 Å². The summed E-state index contributed by atoms with van der Waals surface area (Å²) in [6, 6.07) is 0. The zero-order valence-corrected chi connectivity index (χ0v) is 11.1. The van der Waals surface area contributed by atoms with Crippen molar-refractivity contribution >= 4 is 0 Å². The van der Waals surface area contributed by atoms with Gasteiger partial charge in [-0.1, -0.05) is 32.6 Å². The first-order valence-corrected chi connectivity index (χ1v) is 6.58. The van der Waals surface area contributed by atoms with Crippen LogP contribution in [0.4, 0.5) is 0 Å². The van der Waals surface area contributed by atoms with E-state index in [0.717, 1.165) is 6.42 Å². The lowest BCUT2D eigenvalue weighted by atomic mass is 10.1. The number of ether oxygens (including phenoxy) is 2. The van der Waals surface area contributed by atoms with Crippen molar-refractivity contribution in [2.75, 3.05) is 19.8 Å². The predicted molar refractivity (Wildman–Crippen MR) is 66.7 cm³/mol. The summed E-state index contributed by atoms with van der Waals surface area (Å²) in [5.74, 6) is 0. The van der Waals surface area contributed by atoms with Crippen molar-refractivity contribution in [1.82, 2.24) is 0 Å². The number of unbranched alkanes of at least 4 members (excludes halogenated alkanes) is 3. The highest BCUT2D eigenvalue weighted by Crippen LogP contribution is 2.08. The van der Waals surface area contributed by atoms with Gasteiger partial charge in [0, 0.05) is 6.61 Å². The van der Waals surface area contributed by atoms with Gasteiger partial charge in [0.2, 0.25) is 0 Å². The smallest absolute Gasteiger partial charge is 0.101 e. The lowest BCUT2D eigenvalue weighted by Gasteiger charge is -2.16. The summed E-state index contributed by atoms with van der Waals surface area (Å²) < 4.78 is 10.7. The molecule has 0 saturated carbocycles. The standard InChI is InChI=1S/C13H28O3/c1-4-6-7-8-9-12(3)16-11-13(14)10-15-5-2/h12-14H,4-11H2,1-3H3. The third-order valence-electron chi connectivity index (χ3n) is 2.55. The van der Waals surface area contributed by atoms with E-state index in [0.29, 0.717) is 19.8 Å². The second-order valence-corrected chi connectivity index (χ2v) is 4.31. The van der Waals surface area contributed by atoms with Crippen molar-refractivity contribution in [2.24, 2.45) is 0 Å². The van der Waals surface area contributed by atoms with Crippen LogP contribution in [0.2, 0.25) is 0 Å². The molecule has 0 heterocycles. The lowest BCUT2D eigenvalue weighted by Crippen LogP contribution is -2.24. The fourth-order valence-electron chi connectivity index (χ4n) is 1.52. The van der Waals surface area contributed by atoms with Crippen molar-refractivity contribution in [3.8, 4) is 0 Å². The zero-order valence-electron chi connectivity index (χ0n) is 11.1. The van der Waals surface area contributed by atoms with Crippen LogP contribution in [0, 0.1) is 0 Å². The van der Waals surface area contributed by atoms with Gasteiger partial charge in [-0.2, -0.15) is 0 Å². The molecule has 3 nitrogen and oxygen atoms in total. The third-order valence-corrected chi connectivity index (χ3v) is 2.55. The highest BCUT2D eigenvalue weighted by Gasteiger charge is 2.07. The first kappa shape index (κ1) is 15.9. The molecule has 0 aromatic heterocycles. The Morgan fingerprint density at radius 3 is 2.44 bits per heavy atom. The Hall–Kier alpha value is -0.120. The maximum atomic E-state index is 9.49. The largest absolute Gasteiger partial charge is 0.388 e. The van der Waals surface area contributed by atoms with Crippen molar-refractivity contribution in [1.29, 1.82) is 0 Å². The van der Waals surface area contributed by atoms with Crippen molar-refractivity contribution < 1.29 is 14.6 Å². The SMILES string of the molecule is CCCCCCC(C)OCC(O)COCC. The average molecular weight is 232 g/mol. The molecule has 3 heteroatoms. The normalized spacial score (nSPS) is 15.0. The number of hydrogen-bond acceptors (Lipinski definition) is 3. The van der Waals surface area contributed by atoms with E-state index in [4.69, 9.17) is 9.47 Å². The van der Waals surface area contributed by atoms with E-state index in [1.54, 1.807) is 0 Å². The minimum Gasteiger partial charge on any atom is -0.388 e. The lowest BCUT2D eigenvalue weighted by molar-refractivity contribution is -0.0400. The predicted octanol–water partition coefficient (Wildman–Crippen LogP) is 2.76. The summed E-state index contributed by atoms with van der Waals surface area (Å²) in [7, 11) is 0. The molecule has 0 aliphatic heterocycles. The molecular formula is C13H28O3. The highest BCUT2D eigenvalue weighted by molar-refractivity contribution is 4.56. The maximum absolute atomic E-state index is 9.49. The van der Waals surface area contributed by atoms with E-state index in [-0.39, 0.29) is 6.10 Å². The van der Waals surface area contributed by atoms with Crippen LogP contribution in [-0.2, 0) is 9.47 Å². The van der Waals surface area contributed by atoms with Gasteiger partial charge in [-0.15, -0.1) is 0 Å². The molecule has 0 amide bonds. The minimum absolute atomic E-state index is 0.244. The van der Waals surface area contributed by atoms with E-state index in [1.807, 2.05) is 6.92 Å². The molecule has 0 rings (SSSR count). The molecule has 0 aliphatic carbocycles. The molecule has 0 aromatic rings. The molecule has 2 atom stereocenters. The Morgan fingerprint density at radius 2 is 1.81 bits per heavy atom. The van der Waals surface area contributed by atoms with Gasteiger partial charge in [0.1, 0.15) is 6.10 Å². The molecule has 98 valence electrons. The Balaban J connectivity index is 3.31. The van der Waals surface area contributed by atoms with Gasteiger partial charge < -0.3 is 14.6 Å². The topological polar surface area (TPSA) is 38.7 Å². The fourth-order valence-corrected chi connectivity index (χ4v) is 1.52. The van der Waals surface area contributed by atoms with Gasteiger partial charge in [-0.25, -0.2) is 0 Å². The summed E-state index contributed by atoms with van der Waals surface area (Å²) in [5.41, 5.74) is 0. The molecule has 0 bridgehead atoms.